The molecular formula is C15H18N6O2. The number of carbonyl (C=O) groups is 1. The van der Waals surface area contributed by atoms with Gasteiger partial charge < -0.3 is 15.4 Å². The minimum Gasteiger partial charge on any atom is -0.484 e. The molecule has 0 saturated carbocycles. The average molecular weight is 314 g/mol. The monoisotopic (exact) mass is 314 g/mol. The van der Waals surface area contributed by atoms with Gasteiger partial charge in [0.25, 0.3) is 5.91 Å². The summed E-state index contributed by atoms with van der Waals surface area (Å²) in [6, 6.07) is 8.47. The van der Waals surface area contributed by atoms with E-state index in [2.05, 4.69) is 10.5 Å². The molecule has 1 aromatic rings. The third-order valence-electron chi connectivity index (χ3n) is 3.33. The summed E-state index contributed by atoms with van der Waals surface area (Å²) in [5, 5.41) is 19.6. The normalized spacial score (nSPS) is 14.2. The van der Waals surface area contributed by atoms with Crippen molar-refractivity contribution in [1.29, 1.82) is 10.7 Å². The number of benzene rings is 1. The summed E-state index contributed by atoms with van der Waals surface area (Å²) in [5.74, 6) is 0.161. The standard InChI is InChI=1S/C15H18N6O2/c16-9-13(15(17)18)20-19-11-3-5-12(6-4-11)23-10-14(22)21-7-1-2-8-21/h3-6,19H,1-2,7-8,10H2,(H3,17,18)/b20-13+. The predicted molar refractivity (Wildman–Crippen MR) is 86.3 cm³/mol. The van der Waals surface area contributed by atoms with Crippen LogP contribution in [0, 0.1) is 16.7 Å². The second kappa shape index (κ2) is 7.79. The molecule has 0 radical (unpaired) electrons. The van der Waals surface area contributed by atoms with Crippen molar-refractivity contribution in [2.24, 2.45) is 10.8 Å². The van der Waals surface area contributed by atoms with E-state index in [0.717, 1.165) is 25.9 Å². The van der Waals surface area contributed by atoms with Gasteiger partial charge in [0, 0.05) is 13.1 Å². The molecule has 1 heterocycles. The molecular weight excluding hydrogens is 296 g/mol. The first-order valence-corrected chi connectivity index (χ1v) is 7.19. The molecule has 1 amide bonds. The molecule has 1 aromatic carbocycles. The molecule has 8 nitrogen and oxygen atoms in total. The largest absolute Gasteiger partial charge is 0.484 e. The van der Waals surface area contributed by atoms with Gasteiger partial charge in [-0.1, -0.05) is 0 Å². The number of nitrogens with one attached hydrogen (secondary N) is 2. The number of rotatable bonds is 6. The van der Waals surface area contributed by atoms with Crippen molar-refractivity contribution in [3.8, 4) is 11.8 Å². The van der Waals surface area contributed by atoms with Crippen LogP contribution in [0.3, 0.4) is 0 Å². The van der Waals surface area contributed by atoms with Crippen molar-refractivity contribution in [2.45, 2.75) is 12.8 Å². The first-order chi connectivity index (χ1) is 11.1. The summed E-state index contributed by atoms with van der Waals surface area (Å²) in [4.78, 5) is 13.7. The molecule has 0 atom stereocenters. The Morgan fingerprint density at radius 3 is 2.61 bits per heavy atom. The number of hydrazone groups is 1. The van der Waals surface area contributed by atoms with E-state index in [1.165, 1.54) is 0 Å². The van der Waals surface area contributed by atoms with Crippen LogP contribution in [-0.4, -0.2) is 42.1 Å². The zero-order valence-corrected chi connectivity index (χ0v) is 12.6. The number of likely N-dealkylation sites (tertiary alicyclic amines) is 1. The molecule has 4 N–H and O–H groups in total. The highest BCUT2D eigenvalue weighted by Gasteiger charge is 2.17. The van der Waals surface area contributed by atoms with E-state index < -0.39 is 5.84 Å². The number of amides is 1. The Morgan fingerprint density at radius 2 is 2.04 bits per heavy atom. The van der Waals surface area contributed by atoms with E-state index in [1.54, 1.807) is 35.2 Å². The summed E-state index contributed by atoms with van der Waals surface area (Å²) in [6.45, 7) is 1.63. The lowest BCUT2D eigenvalue weighted by molar-refractivity contribution is -0.132. The van der Waals surface area contributed by atoms with E-state index in [0.29, 0.717) is 11.4 Å². The maximum Gasteiger partial charge on any atom is 0.260 e. The van der Waals surface area contributed by atoms with Crippen LogP contribution >= 0.6 is 0 Å². The van der Waals surface area contributed by atoms with Crippen LogP contribution in [0.1, 0.15) is 12.8 Å². The lowest BCUT2D eigenvalue weighted by Gasteiger charge is -2.15. The summed E-state index contributed by atoms with van der Waals surface area (Å²) in [7, 11) is 0. The van der Waals surface area contributed by atoms with Gasteiger partial charge in [0.2, 0.25) is 5.71 Å². The number of nitrogens with zero attached hydrogens (tertiary/aromatic N) is 3. The van der Waals surface area contributed by atoms with Crippen molar-refractivity contribution in [3.63, 3.8) is 0 Å². The number of ether oxygens (including phenoxy) is 1. The minimum atomic E-state index is -0.402. The van der Waals surface area contributed by atoms with E-state index in [4.69, 9.17) is 21.1 Å². The molecule has 1 aliphatic rings. The Kier molecular flexibility index (Phi) is 5.52. The zero-order chi connectivity index (χ0) is 16.7. The molecule has 1 aliphatic heterocycles. The van der Waals surface area contributed by atoms with Gasteiger partial charge >= 0.3 is 0 Å². The smallest absolute Gasteiger partial charge is 0.260 e. The van der Waals surface area contributed by atoms with Gasteiger partial charge in [0.05, 0.1) is 5.69 Å². The maximum atomic E-state index is 11.9. The highest BCUT2D eigenvalue weighted by Crippen LogP contribution is 2.16. The van der Waals surface area contributed by atoms with Crippen LogP contribution in [0.5, 0.6) is 5.75 Å². The Hall–Kier alpha value is -3.08. The molecule has 0 bridgehead atoms. The number of anilines is 1. The van der Waals surface area contributed by atoms with Crippen molar-refractivity contribution in [3.05, 3.63) is 24.3 Å². The van der Waals surface area contributed by atoms with Gasteiger partial charge in [0.1, 0.15) is 11.8 Å². The molecule has 1 saturated heterocycles. The molecule has 0 unspecified atom stereocenters. The first-order valence-electron chi connectivity index (χ1n) is 7.19. The molecule has 0 aliphatic carbocycles. The van der Waals surface area contributed by atoms with Gasteiger partial charge in [-0.05, 0) is 37.1 Å². The molecule has 8 heteroatoms. The van der Waals surface area contributed by atoms with Gasteiger partial charge in [0.15, 0.2) is 12.4 Å². The van der Waals surface area contributed by atoms with E-state index in [9.17, 15) is 4.79 Å². The number of nitrogens with two attached hydrogens (primary N) is 1. The molecule has 0 aromatic heterocycles. The SMILES string of the molecule is N#C/C(=N\Nc1ccc(OCC(=O)N2CCCC2)cc1)C(=N)N. The Morgan fingerprint density at radius 1 is 1.39 bits per heavy atom. The van der Waals surface area contributed by atoms with Gasteiger partial charge in [-0.3, -0.25) is 15.6 Å². The summed E-state index contributed by atoms with van der Waals surface area (Å²) in [5.41, 5.74) is 8.23. The quantitative estimate of drug-likeness (QED) is 0.408. The minimum absolute atomic E-state index is 0.00517. The third kappa shape index (κ3) is 4.71. The molecule has 120 valence electrons. The van der Waals surface area contributed by atoms with Crippen molar-refractivity contribution in [1.82, 2.24) is 4.90 Å². The number of nitriles is 1. The second-order valence-corrected chi connectivity index (χ2v) is 5.00. The molecule has 23 heavy (non-hydrogen) atoms. The van der Waals surface area contributed by atoms with Crippen LogP contribution < -0.4 is 15.9 Å². The average Bonchev–Trinajstić information content (AvgIpc) is 3.08. The lowest BCUT2D eigenvalue weighted by Crippen LogP contribution is -2.32. The van der Waals surface area contributed by atoms with Crippen LogP contribution in [0.25, 0.3) is 0 Å². The van der Waals surface area contributed by atoms with E-state index in [1.807, 2.05) is 0 Å². The van der Waals surface area contributed by atoms with Crippen molar-refractivity contribution < 1.29 is 9.53 Å². The first kappa shape index (κ1) is 16.3. The maximum absolute atomic E-state index is 11.9. The Labute approximate surface area is 134 Å². The number of hydrogen-bond donors (Lipinski definition) is 3. The van der Waals surface area contributed by atoms with Crippen LogP contribution in [0.2, 0.25) is 0 Å². The fourth-order valence-electron chi connectivity index (χ4n) is 2.09. The molecule has 2 rings (SSSR count). The van der Waals surface area contributed by atoms with E-state index in [-0.39, 0.29) is 18.2 Å². The second-order valence-electron chi connectivity index (χ2n) is 5.00. The number of amidine groups is 1. The lowest BCUT2D eigenvalue weighted by atomic mass is 10.3. The summed E-state index contributed by atoms with van der Waals surface area (Å²) >= 11 is 0. The summed E-state index contributed by atoms with van der Waals surface area (Å²) in [6.07, 6.45) is 2.11. The van der Waals surface area contributed by atoms with Gasteiger partial charge in [-0.2, -0.15) is 10.4 Å². The highest BCUT2D eigenvalue weighted by atomic mass is 16.5. The van der Waals surface area contributed by atoms with Crippen LogP contribution in [0.15, 0.2) is 29.4 Å². The van der Waals surface area contributed by atoms with Crippen molar-refractivity contribution in [2.75, 3.05) is 25.1 Å². The van der Waals surface area contributed by atoms with Crippen LogP contribution in [0.4, 0.5) is 5.69 Å². The fraction of sp³-hybridized carbons (Fsp3) is 0.333. The molecule has 0 spiro atoms. The summed E-state index contributed by atoms with van der Waals surface area (Å²) < 4.78 is 5.46. The van der Waals surface area contributed by atoms with Crippen molar-refractivity contribution >= 4 is 23.1 Å². The highest BCUT2D eigenvalue weighted by molar-refractivity contribution is 6.45. The number of hydrogen-bond acceptors (Lipinski definition) is 6. The third-order valence-corrected chi connectivity index (χ3v) is 3.33. The van der Waals surface area contributed by atoms with E-state index >= 15 is 0 Å². The fourth-order valence-corrected chi connectivity index (χ4v) is 2.09. The molecule has 1 fully saturated rings. The zero-order valence-electron chi connectivity index (χ0n) is 12.6. The van der Waals surface area contributed by atoms with Gasteiger partial charge in [-0.25, -0.2) is 0 Å². The Bertz CT molecular complexity index is 641. The number of carbonyl (C=O) groups excluding carboxylic acids is 1. The Balaban J connectivity index is 1.86. The topological polar surface area (TPSA) is 128 Å². The van der Waals surface area contributed by atoms with Gasteiger partial charge in [-0.15, -0.1) is 0 Å². The van der Waals surface area contributed by atoms with Crippen LogP contribution in [-0.2, 0) is 4.79 Å². The predicted octanol–water partition coefficient (Wildman–Crippen LogP) is 0.915.